The topological polar surface area (TPSA) is 50.5 Å². The van der Waals surface area contributed by atoms with Gasteiger partial charge in [0.05, 0.1) is 0 Å². The zero-order chi connectivity index (χ0) is 17.4. The summed E-state index contributed by atoms with van der Waals surface area (Å²) in [7, 11) is 0. The maximum absolute atomic E-state index is 13.0. The molecule has 0 spiro atoms. The van der Waals surface area contributed by atoms with Gasteiger partial charge in [0.15, 0.2) is 0 Å². The number of benzene rings is 2. The van der Waals surface area contributed by atoms with Crippen LogP contribution in [0.1, 0.15) is 21.3 Å². The quantitative estimate of drug-likeness (QED) is 0.580. The second kappa shape index (κ2) is 6.69. The fraction of sp³-hybridized carbons (Fsp3) is 0.158. The highest BCUT2D eigenvalue weighted by molar-refractivity contribution is 9.10. The SMILES string of the molecule is O=C(c1cc2ccccc2oc1=O)N1CCS[C@H]1c1ccc(Br)cc1. The molecule has 25 heavy (non-hydrogen) atoms. The lowest BCUT2D eigenvalue weighted by Crippen LogP contribution is -2.33. The standard InChI is InChI=1S/C19H14BrNO3S/c20-14-7-5-12(6-8-14)18-21(9-10-25-18)17(22)15-11-13-3-1-2-4-16(13)24-19(15)23/h1-8,11,18H,9-10H2/t18-/m0/s1. The maximum atomic E-state index is 13.0. The van der Waals surface area contributed by atoms with Crippen LogP contribution in [0.15, 0.2) is 68.3 Å². The Kier molecular flexibility index (Phi) is 4.39. The molecule has 4 rings (SSSR count). The Morgan fingerprint density at radius 2 is 1.92 bits per heavy atom. The van der Waals surface area contributed by atoms with Gasteiger partial charge in [-0.1, -0.05) is 46.3 Å². The molecule has 0 unspecified atom stereocenters. The molecular weight excluding hydrogens is 402 g/mol. The number of fused-ring (bicyclic) bond motifs is 1. The number of carbonyl (C=O) groups is 1. The number of halogens is 1. The van der Waals surface area contributed by atoms with E-state index in [0.717, 1.165) is 21.2 Å². The van der Waals surface area contributed by atoms with Crippen LogP contribution in [0, 0.1) is 0 Å². The molecule has 1 atom stereocenters. The molecular formula is C19H14BrNO3S. The van der Waals surface area contributed by atoms with Crippen molar-refractivity contribution < 1.29 is 9.21 Å². The second-order valence-electron chi connectivity index (χ2n) is 5.76. The molecule has 1 fully saturated rings. The van der Waals surface area contributed by atoms with Crippen LogP contribution in [0.3, 0.4) is 0 Å². The van der Waals surface area contributed by atoms with Crippen LogP contribution in [0.2, 0.25) is 0 Å². The molecule has 1 amide bonds. The van der Waals surface area contributed by atoms with Crippen LogP contribution in [-0.2, 0) is 0 Å². The number of rotatable bonds is 2. The van der Waals surface area contributed by atoms with E-state index in [1.165, 1.54) is 0 Å². The lowest BCUT2D eigenvalue weighted by molar-refractivity contribution is 0.0756. The van der Waals surface area contributed by atoms with Gasteiger partial charge in [0.1, 0.15) is 16.5 Å². The van der Waals surface area contributed by atoms with Gasteiger partial charge in [0, 0.05) is 22.2 Å². The van der Waals surface area contributed by atoms with E-state index in [4.69, 9.17) is 4.42 Å². The normalized spacial score (nSPS) is 17.2. The molecule has 1 aliphatic rings. The largest absolute Gasteiger partial charge is 0.422 e. The van der Waals surface area contributed by atoms with Crippen LogP contribution in [-0.4, -0.2) is 23.1 Å². The number of hydrogen-bond acceptors (Lipinski definition) is 4. The van der Waals surface area contributed by atoms with Crippen molar-refractivity contribution in [3.05, 3.63) is 80.6 Å². The minimum atomic E-state index is -0.588. The highest BCUT2D eigenvalue weighted by Crippen LogP contribution is 2.38. The van der Waals surface area contributed by atoms with E-state index in [1.54, 1.807) is 34.9 Å². The highest BCUT2D eigenvalue weighted by Gasteiger charge is 2.32. The summed E-state index contributed by atoms with van der Waals surface area (Å²) in [6.45, 7) is 0.608. The molecule has 4 nitrogen and oxygen atoms in total. The predicted octanol–water partition coefficient (Wildman–Crippen LogP) is 4.44. The highest BCUT2D eigenvalue weighted by atomic mass is 79.9. The van der Waals surface area contributed by atoms with Crippen LogP contribution in [0.5, 0.6) is 0 Å². The Morgan fingerprint density at radius 1 is 1.16 bits per heavy atom. The molecule has 2 heterocycles. The number of amides is 1. The van der Waals surface area contributed by atoms with Crippen molar-refractivity contribution in [2.45, 2.75) is 5.37 Å². The molecule has 0 radical (unpaired) electrons. The molecule has 2 aromatic carbocycles. The molecule has 126 valence electrons. The summed E-state index contributed by atoms with van der Waals surface area (Å²) in [5.41, 5.74) is 1.03. The molecule has 1 saturated heterocycles. The van der Waals surface area contributed by atoms with Gasteiger partial charge in [-0.05, 0) is 29.8 Å². The molecule has 0 aliphatic carbocycles. The predicted molar refractivity (Wildman–Crippen MR) is 103 cm³/mol. The van der Waals surface area contributed by atoms with Crippen LogP contribution < -0.4 is 5.63 Å². The summed E-state index contributed by atoms with van der Waals surface area (Å²) in [6, 6.07) is 16.8. The van der Waals surface area contributed by atoms with E-state index in [0.29, 0.717) is 12.1 Å². The van der Waals surface area contributed by atoms with Crippen LogP contribution in [0.4, 0.5) is 0 Å². The third kappa shape index (κ3) is 3.12. The molecule has 3 aromatic rings. The van der Waals surface area contributed by atoms with E-state index in [9.17, 15) is 9.59 Å². The first kappa shape index (κ1) is 16.4. The Balaban J connectivity index is 1.71. The molecule has 1 aliphatic heterocycles. The number of thioether (sulfide) groups is 1. The van der Waals surface area contributed by atoms with Crippen molar-refractivity contribution in [2.24, 2.45) is 0 Å². The molecule has 0 bridgehead atoms. The summed E-state index contributed by atoms with van der Waals surface area (Å²) >= 11 is 5.13. The lowest BCUT2D eigenvalue weighted by atomic mass is 10.1. The zero-order valence-corrected chi connectivity index (χ0v) is 15.5. The van der Waals surface area contributed by atoms with Crippen LogP contribution >= 0.6 is 27.7 Å². The summed E-state index contributed by atoms with van der Waals surface area (Å²) in [5, 5.41) is 0.656. The minimum absolute atomic E-state index is 0.0864. The summed E-state index contributed by atoms with van der Waals surface area (Å²) in [6.07, 6.45) is 0. The average molecular weight is 416 g/mol. The first-order valence-electron chi connectivity index (χ1n) is 7.84. The Morgan fingerprint density at radius 3 is 2.72 bits per heavy atom. The van der Waals surface area contributed by atoms with Gasteiger partial charge in [-0.25, -0.2) is 4.79 Å². The Hall–Kier alpha value is -2.05. The second-order valence-corrected chi connectivity index (χ2v) is 7.86. The van der Waals surface area contributed by atoms with Crippen molar-refractivity contribution in [3.63, 3.8) is 0 Å². The molecule has 0 saturated carbocycles. The number of nitrogens with zero attached hydrogens (tertiary/aromatic N) is 1. The fourth-order valence-corrected chi connectivity index (χ4v) is 4.47. The van der Waals surface area contributed by atoms with E-state index in [-0.39, 0.29) is 16.8 Å². The lowest BCUT2D eigenvalue weighted by Gasteiger charge is -2.24. The van der Waals surface area contributed by atoms with Gasteiger partial charge >= 0.3 is 5.63 Å². The molecule has 0 N–H and O–H groups in total. The van der Waals surface area contributed by atoms with Gasteiger partial charge in [0.2, 0.25) is 0 Å². The zero-order valence-electron chi connectivity index (χ0n) is 13.1. The summed E-state index contributed by atoms with van der Waals surface area (Å²) in [4.78, 5) is 27.0. The van der Waals surface area contributed by atoms with Crippen LogP contribution in [0.25, 0.3) is 11.0 Å². The fourth-order valence-electron chi connectivity index (χ4n) is 2.95. The van der Waals surface area contributed by atoms with E-state index >= 15 is 0 Å². The van der Waals surface area contributed by atoms with Gasteiger partial charge in [-0.3, -0.25) is 4.79 Å². The summed E-state index contributed by atoms with van der Waals surface area (Å²) in [5.74, 6) is 0.559. The first-order chi connectivity index (χ1) is 12.1. The van der Waals surface area contributed by atoms with Crippen molar-refractivity contribution in [1.82, 2.24) is 4.90 Å². The third-order valence-corrected chi connectivity index (χ3v) is 5.97. The molecule has 1 aromatic heterocycles. The third-order valence-electron chi connectivity index (χ3n) is 4.18. The number of para-hydroxylation sites is 1. The minimum Gasteiger partial charge on any atom is -0.422 e. The monoisotopic (exact) mass is 415 g/mol. The Bertz CT molecular complexity index is 999. The Labute approximate surface area is 157 Å². The smallest absolute Gasteiger partial charge is 0.349 e. The van der Waals surface area contributed by atoms with Crippen molar-refractivity contribution in [3.8, 4) is 0 Å². The maximum Gasteiger partial charge on any atom is 0.349 e. The van der Waals surface area contributed by atoms with Gasteiger partial charge in [-0.2, -0.15) is 0 Å². The van der Waals surface area contributed by atoms with Gasteiger partial charge < -0.3 is 9.32 Å². The number of carbonyl (C=O) groups excluding carboxylic acids is 1. The van der Waals surface area contributed by atoms with Gasteiger partial charge in [-0.15, -0.1) is 11.8 Å². The van der Waals surface area contributed by atoms with Crippen molar-refractivity contribution in [2.75, 3.05) is 12.3 Å². The van der Waals surface area contributed by atoms with Crippen molar-refractivity contribution in [1.29, 1.82) is 0 Å². The van der Waals surface area contributed by atoms with Gasteiger partial charge in [0.25, 0.3) is 5.91 Å². The van der Waals surface area contributed by atoms with Crippen molar-refractivity contribution >= 4 is 44.6 Å². The average Bonchev–Trinajstić information content (AvgIpc) is 3.11. The first-order valence-corrected chi connectivity index (χ1v) is 9.68. The number of hydrogen-bond donors (Lipinski definition) is 0. The summed E-state index contributed by atoms with van der Waals surface area (Å²) < 4.78 is 6.31. The van der Waals surface area contributed by atoms with E-state index < -0.39 is 5.63 Å². The molecule has 6 heteroatoms. The van der Waals surface area contributed by atoms with E-state index in [1.807, 2.05) is 36.4 Å². The van der Waals surface area contributed by atoms with E-state index in [2.05, 4.69) is 15.9 Å².